The first-order valence-corrected chi connectivity index (χ1v) is 8.12. The van der Waals surface area contributed by atoms with Gasteiger partial charge in [0.15, 0.2) is 5.71 Å². The molecule has 7 nitrogen and oxygen atoms in total. The first kappa shape index (κ1) is 18.0. The van der Waals surface area contributed by atoms with E-state index >= 15 is 0 Å². The molecule has 1 unspecified atom stereocenters. The van der Waals surface area contributed by atoms with Crippen molar-refractivity contribution < 1.29 is 31.9 Å². The third kappa shape index (κ3) is 3.59. The molecule has 1 aliphatic rings. The van der Waals surface area contributed by atoms with E-state index in [1.807, 2.05) is 0 Å². The second-order valence-corrected chi connectivity index (χ2v) is 6.16. The number of hydrogen-bond acceptors (Lipinski definition) is 7. The maximum Gasteiger partial charge on any atom is 0.400 e. The summed E-state index contributed by atoms with van der Waals surface area (Å²) in [6.45, 7) is 3.64. The van der Waals surface area contributed by atoms with Crippen LogP contribution in [0.2, 0.25) is 0 Å². The van der Waals surface area contributed by atoms with E-state index in [1.54, 1.807) is 6.92 Å². The molecule has 0 radical (unpaired) electrons. The Labute approximate surface area is 121 Å². The second-order valence-electron chi connectivity index (χ2n) is 4.05. The van der Waals surface area contributed by atoms with Gasteiger partial charge in [-0.05, 0) is 20.8 Å². The Hall–Kier alpha value is -1.05. The van der Waals surface area contributed by atoms with Crippen molar-refractivity contribution in [2.75, 3.05) is 26.4 Å². The minimum Gasteiger partial charge on any atom is -0.461 e. The molecule has 0 aliphatic carbocycles. The smallest absolute Gasteiger partial charge is 0.400 e. The number of halogens is 2. The summed E-state index contributed by atoms with van der Waals surface area (Å²) in [6, 6.07) is 0. The Balaban J connectivity index is 3.07. The Morgan fingerprint density at radius 3 is 2.38 bits per heavy atom. The molecule has 0 aromatic carbocycles. The number of nitrogens with one attached hydrogen (secondary N) is 1. The van der Waals surface area contributed by atoms with Gasteiger partial charge in [0, 0.05) is 6.54 Å². The first-order valence-electron chi connectivity index (χ1n) is 6.58. The van der Waals surface area contributed by atoms with Crippen molar-refractivity contribution >= 4 is 19.3 Å². The van der Waals surface area contributed by atoms with E-state index in [0.717, 1.165) is 0 Å². The van der Waals surface area contributed by atoms with E-state index < -0.39 is 30.9 Å². The normalized spacial score (nSPS) is 19.1. The zero-order chi connectivity index (χ0) is 16.1. The van der Waals surface area contributed by atoms with E-state index in [2.05, 4.69) is 24.3 Å². The van der Waals surface area contributed by atoms with Crippen molar-refractivity contribution in [3.05, 3.63) is 0 Å². The number of ether oxygens (including phenoxy) is 1. The zero-order valence-electron chi connectivity index (χ0n) is 12.1. The first-order chi connectivity index (χ1) is 9.84. The van der Waals surface area contributed by atoms with E-state index in [1.165, 1.54) is 13.8 Å². The lowest BCUT2D eigenvalue weighted by Gasteiger charge is -2.29. The highest BCUT2D eigenvalue weighted by atomic mass is 31.2. The topological polar surface area (TPSA) is 86.2 Å². The van der Waals surface area contributed by atoms with E-state index in [9.17, 15) is 18.1 Å². The van der Waals surface area contributed by atoms with Crippen LogP contribution in [0.4, 0.5) is 8.78 Å². The van der Waals surface area contributed by atoms with E-state index in [-0.39, 0.29) is 26.4 Å². The van der Waals surface area contributed by atoms with Crippen LogP contribution in [0.1, 0.15) is 20.8 Å². The van der Waals surface area contributed by atoms with Gasteiger partial charge in [0.05, 0.1) is 19.8 Å². The van der Waals surface area contributed by atoms with Crippen molar-refractivity contribution in [2.45, 2.75) is 26.4 Å². The van der Waals surface area contributed by atoms with Crippen LogP contribution in [-0.2, 0) is 23.1 Å². The van der Waals surface area contributed by atoms with Gasteiger partial charge in [0.2, 0.25) is 0 Å². The maximum absolute atomic E-state index is 14.6. The molecular formula is C11H19F2N2O5P. The van der Waals surface area contributed by atoms with Crippen LogP contribution in [0.5, 0.6) is 0 Å². The molecule has 0 fully saturated rings. The fourth-order valence-electron chi connectivity index (χ4n) is 1.82. The SMILES string of the molecule is CCOC(=O)C1=NNCC1C(F)(F)P(=O)(OCC)OCC. The number of alkyl halides is 2. The monoisotopic (exact) mass is 328 g/mol. The van der Waals surface area contributed by atoms with Crippen LogP contribution in [0.25, 0.3) is 0 Å². The molecule has 1 heterocycles. The predicted molar refractivity (Wildman–Crippen MR) is 71.4 cm³/mol. The zero-order valence-corrected chi connectivity index (χ0v) is 13.0. The molecular weight excluding hydrogens is 309 g/mol. The lowest BCUT2D eigenvalue weighted by atomic mass is 10.1. The molecule has 1 atom stereocenters. The molecule has 0 aromatic heterocycles. The average Bonchev–Trinajstić information content (AvgIpc) is 2.89. The lowest BCUT2D eigenvalue weighted by Crippen LogP contribution is -2.40. The van der Waals surface area contributed by atoms with Crippen LogP contribution in [0.15, 0.2) is 5.10 Å². The van der Waals surface area contributed by atoms with Gasteiger partial charge in [0.25, 0.3) is 0 Å². The molecule has 0 saturated heterocycles. The number of esters is 1. The fourth-order valence-corrected chi connectivity index (χ4v) is 3.51. The lowest BCUT2D eigenvalue weighted by molar-refractivity contribution is -0.135. The quantitative estimate of drug-likeness (QED) is 0.542. The van der Waals surface area contributed by atoms with Crippen LogP contribution in [0.3, 0.4) is 0 Å². The Kier molecular flexibility index (Phi) is 6.24. The second kappa shape index (κ2) is 7.29. The highest BCUT2D eigenvalue weighted by Crippen LogP contribution is 2.65. The molecule has 0 saturated carbocycles. The summed E-state index contributed by atoms with van der Waals surface area (Å²) in [4.78, 5) is 11.6. The summed E-state index contributed by atoms with van der Waals surface area (Å²) in [6.07, 6.45) is 0. The van der Waals surface area contributed by atoms with E-state index in [0.29, 0.717) is 0 Å². The Bertz CT molecular complexity index is 448. The van der Waals surface area contributed by atoms with Gasteiger partial charge in [-0.25, -0.2) is 4.79 Å². The Morgan fingerprint density at radius 2 is 1.90 bits per heavy atom. The molecule has 1 rings (SSSR count). The summed E-state index contributed by atoms with van der Waals surface area (Å²) in [5, 5.41) is 3.52. The number of hydrazone groups is 1. The number of nitrogens with zero attached hydrogens (tertiary/aromatic N) is 1. The van der Waals surface area contributed by atoms with Crippen LogP contribution < -0.4 is 5.43 Å². The van der Waals surface area contributed by atoms with Gasteiger partial charge < -0.3 is 19.2 Å². The van der Waals surface area contributed by atoms with Gasteiger partial charge in [0.1, 0.15) is 5.92 Å². The molecule has 0 amide bonds. The highest BCUT2D eigenvalue weighted by molar-refractivity contribution is 7.55. The summed E-state index contributed by atoms with van der Waals surface area (Å²) in [5.74, 6) is -2.72. The fraction of sp³-hybridized carbons (Fsp3) is 0.818. The summed E-state index contributed by atoms with van der Waals surface area (Å²) < 4.78 is 55.5. The molecule has 0 aromatic rings. The summed E-state index contributed by atoms with van der Waals surface area (Å²) in [5.41, 5.74) is -2.11. The predicted octanol–water partition coefficient (Wildman–Crippen LogP) is 1.98. The summed E-state index contributed by atoms with van der Waals surface area (Å²) in [7, 11) is -4.73. The number of hydrogen-bond donors (Lipinski definition) is 1. The number of rotatable bonds is 8. The van der Waals surface area contributed by atoms with Crippen molar-refractivity contribution in [2.24, 2.45) is 11.0 Å². The van der Waals surface area contributed by atoms with Gasteiger partial charge in [-0.2, -0.15) is 13.9 Å². The molecule has 21 heavy (non-hydrogen) atoms. The van der Waals surface area contributed by atoms with Gasteiger partial charge in [-0.3, -0.25) is 4.57 Å². The molecule has 0 spiro atoms. The average molecular weight is 328 g/mol. The van der Waals surface area contributed by atoms with Crippen molar-refractivity contribution in [1.29, 1.82) is 0 Å². The highest BCUT2D eigenvalue weighted by Gasteiger charge is 2.62. The van der Waals surface area contributed by atoms with Crippen LogP contribution >= 0.6 is 7.60 Å². The van der Waals surface area contributed by atoms with Crippen LogP contribution in [0, 0.1) is 5.92 Å². The molecule has 10 heteroatoms. The minimum absolute atomic E-state index is 0.0186. The van der Waals surface area contributed by atoms with Gasteiger partial charge >= 0.3 is 19.2 Å². The van der Waals surface area contributed by atoms with Crippen molar-refractivity contribution in [3.63, 3.8) is 0 Å². The number of carbonyl (C=O) groups is 1. The molecule has 0 bridgehead atoms. The van der Waals surface area contributed by atoms with Gasteiger partial charge in [-0.15, -0.1) is 0 Å². The standard InChI is InChI=1S/C11H19F2N2O5P/c1-4-18-10(16)9-8(7-14-15-9)11(12,13)21(17,19-5-2)20-6-3/h8,14H,4-7H2,1-3H3. The number of carbonyl (C=O) groups excluding carboxylic acids is 1. The molecule has 1 N–H and O–H groups in total. The van der Waals surface area contributed by atoms with Gasteiger partial charge in [-0.1, -0.05) is 0 Å². The van der Waals surface area contributed by atoms with Crippen molar-refractivity contribution in [1.82, 2.24) is 5.43 Å². The summed E-state index contributed by atoms with van der Waals surface area (Å²) >= 11 is 0. The molecule has 1 aliphatic heterocycles. The Morgan fingerprint density at radius 1 is 1.33 bits per heavy atom. The molecule has 122 valence electrons. The van der Waals surface area contributed by atoms with Crippen molar-refractivity contribution in [3.8, 4) is 0 Å². The maximum atomic E-state index is 14.6. The largest absolute Gasteiger partial charge is 0.461 e. The third-order valence-electron chi connectivity index (χ3n) is 2.69. The van der Waals surface area contributed by atoms with Crippen LogP contribution in [-0.4, -0.2) is 43.7 Å². The third-order valence-corrected chi connectivity index (χ3v) is 4.93. The van der Waals surface area contributed by atoms with E-state index in [4.69, 9.17) is 0 Å². The minimum atomic E-state index is -4.73.